The highest BCUT2D eigenvalue weighted by molar-refractivity contribution is 5.78. The second-order valence-electron chi connectivity index (χ2n) is 8.21. The highest BCUT2D eigenvalue weighted by Gasteiger charge is 2.36. The molecule has 1 heterocycles. The van der Waals surface area contributed by atoms with Crippen molar-refractivity contribution in [2.75, 3.05) is 19.6 Å². The van der Waals surface area contributed by atoms with E-state index in [-0.39, 0.29) is 6.04 Å². The first-order valence-corrected chi connectivity index (χ1v) is 8.28. The predicted octanol–water partition coefficient (Wildman–Crippen LogP) is 2.98. The zero-order valence-corrected chi connectivity index (χ0v) is 14.7. The van der Waals surface area contributed by atoms with Gasteiger partial charge in [-0.05, 0) is 64.5 Å². The molecular weight excluding hydrogens is 264 g/mol. The van der Waals surface area contributed by atoms with Crippen LogP contribution in [0.5, 0.6) is 0 Å². The van der Waals surface area contributed by atoms with Crippen LogP contribution in [0.4, 0.5) is 0 Å². The smallest absolute Gasteiger partial charge is 0.324 e. The Labute approximate surface area is 130 Å². The number of nitrogens with zero attached hydrogens (tertiary/aromatic N) is 1. The van der Waals surface area contributed by atoms with Crippen molar-refractivity contribution in [2.24, 2.45) is 11.3 Å². The normalized spacial score (nSPS) is 24.6. The number of hydrogen-bond donors (Lipinski definition) is 2. The van der Waals surface area contributed by atoms with E-state index in [2.05, 4.69) is 31.0 Å². The van der Waals surface area contributed by atoms with Crippen LogP contribution in [0.25, 0.3) is 0 Å². The molecule has 1 fully saturated rings. The topological polar surface area (TPSA) is 52.6 Å². The van der Waals surface area contributed by atoms with Gasteiger partial charge in [-0.25, -0.2) is 0 Å². The minimum atomic E-state index is -0.865. The van der Waals surface area contributed by atoms with E-state index in [1.807, 2.05) is 20.8 Å². The van der Waals surface area contributed by atoms with Crippen LogP contribution >= 0.6 is 0 Å². The minimum Gasteiger partial charge on any atom is -0.480 e. The standard InChI is InChI=1S/C17H34N2O2/c1-13(2)18-17(6,15(20)21)12-19-10-7-8-14(9-11-19)16(3,4)5/h13-14,18H,7-12H2,1-6H3,(H,20,21). The zero-order valence-electron chi connectivity index (χ0n) is 14.7. The molecule has 2 atom stereocenters. The van der Waals surface area contributed by atoms with Crippen LogP contribution in [0.3, 0.4) is 0 Å². The highest BCUT2D eigenvalue weighted by Crippen LogP contribution is 2.34. The van der Waals surface area contributed by atoms with Crippen LogP contribution in [0.15, 0.2) is 0 Å². The summed E-state index contributed by atoms with van der Waals surface area (Å²) in [4.78, 5) is 14.0. The van der Waals surface area contributed by atoms with E-state index >= 15 is 0 Å². The summed E-state index contributed by atoms with van der Waals surface area (Å²) in [5.74, 6) is -0.0236. The molecule has 1 rings (SSSR count). The van der Waals surface area contributed by atoms with Gasteiger partial charge in [0.2, 0.25) is 0 Å². The Kier molecular flexibility index (Phi) is 6.23. The fraction of sp³-hybridized carbons (Fsp3) is 0.941. The Bertz CT molecular complexity index is 349. The Morgan fingerprint density at radius 2 is 1.86 bits per heavy atom. The van der Waals surface area contributed by atoms with Gasteiger partial charge in [0.15, 0.2) is 0 Å². The molecular formula is C17H34N2O2. The minimum absolute atomic E-state index is 0.167. The summed E-state index contributed by atoms with van der Waals surface area (Å²) in [7, 11) is 0. The largest absolute Gasteiger partial charge is 0.480 e. The molecule has 0 amide bonds. The molecule has 0 aromatic heterocycles. The third-order valence-corrected chi connectivity index (χ3v) is 4.66. The van der Waals surface area contributed by atoms with E-state index in [4.69, 9.17) is 0 Å². The van der Waals surface area contributed by atoms with E-state index in [1.54, 1.807) is 0 Å². The summed E-state index contributed by atoms with van der Waals surface area (Å²) in [5, 5.41) is 12.8. The van der Waals surface area contributed by atoms with Crippen LogP contribution in [0.2, 0.25) is 0 Å². The molecule has 1 aliphatic rings. The van der Waals surface area contributed by atoms with Gasteiger partial charge in [0.25, 0.3) is 0 Å². The van der Waals surface area contributed by atoms with Crippen molar-refractivity contribution in [3.05, 3.63) is 0 Å². The highest BCUT2D eigenvalue weighted by atomic mass is 16.4. The fourth-order valence-electron chi connectivity index (χ4n) is 3.44. The van der Waals surface area contributed by atoms with E-state index < -0.39 is 11.5 Å². The van der Waals surface area contributed by atoms with Crippen molar-refractivity contribution < 1.29 is 9.90 Å². The Morgan fingerprint density at radius 3 is 2.33 bits per heavy atom. The second-order valence-corrected chi connectivity index (χ2v) is 8.21. The molecule has 124 valence electrons. The number of carbonyl (C=O) groups is 1. The molecule has 4 nitrogen and oxygen atoms in total. The number of nitrogens with one attached hydrogen (secondary N) is 1. The SMILES string of the molecule is CC(C)NC(C)(CN1CCCC(C(C)(C)C)CC1)C(=O)O. The molecule has 0 spiro atoms. The lowest BCUT2D eigenvalue weighted by Gasteiger charge is -2.34. The summed E-state index contributed by atoms with van der Waals surface area (Å²) in [5.41, 5.74) is -0.516. The van der Waals surface area contributed by atoms with Crippen molar-refractivity contribution >= 4 is 5.97 Å². The first-order valence-electron chi connectivity index (χ1n) is 8.28. The monoisotopic (exact) mass is 298 g/mol. The van der Waals surface area contributed by atoms with Crippen molar-refractivity contribution in [3.63, 3.8) is 0 Å². The van der Waals surface area contributed by atoms with E-state index in [0.29, 0.717) is 12.0 Å². The molecule has 0 aromatic carbocycles. The molecule has 2 unspecified atom stereocenters. The number of hydrogen-bond acceptors (Lipinski definition) is 3. The summed E-state index contributed by atoms with van der Waals surface area (Å²) in [6, 6.07) is 0.167. The average molecular weight is 298 g/mol. The maximum absolute atomic E-state index is 11.7. The predicted molar refractivity (Wildman–Crippen MR) is 87.5 cm³/mol. The van der Waals surface area contributed by atoms with Crippen LogP contribution in [-0.4, -0.2) is 47.2 Å². The summed E-state index contributed by atoms with van der Waals surface area (Å²) < 4.78 is 0. The molecule has 0 aliphatic carbocycles. The Balaban J connectivity index is 2.67. The third kappa shape index (κ3) is 5.59. The lowest BCUT2D eigenvalue weighted by molar-refractivity contribution is -0.145. The molecule has 4 heteroatoms. The van der Waals surface area contributed by atoms with Gasteiger partial charge in [-0.2, -0.15) is 0 Å². The number of rotatable bonds is 5. The number of carboxylic acid groups (broad SMARTS) is 1. The molecule has 1 aliphatic heterocycles. The van der Waals surface area contributed by atoms with Gasteiger partial charge >= 0.3 is 5.97 Å². The summed E-state index contributed by atoms with van der Waals surface area (Å²) in [6.07, 6.45) is 3.58. The number of carboxylic acids is 1. The quantitative estimate of drug-likeness (QED) is 0.819. The zero-order chi connectivity index (χ0) is 16.3. The Hall–Kier alpha value is -0.610. The molecule has 0 saturated carbocycles. The lowest BCUT2D eigenvalue weighted by Crippen LogP contribution is -2.59. The average Bonchev–Trinajstić information content (AvgIpc) is 2.52. The van der Waals surface area contributed by atoms with Crippen LogP contribution in [-0.2, 0) is 4.79 Å². The van der Waals surface area contributed by atoms with Gasteiger partial charge in [0, 0.05) is 12.6 Å². The molecule has 2 N–H and O–H groups in total. The molecule has 0 radical (unpaired) electrons. The van der Waals surface area contributed by atoms with Gasteiger partial charge in [-0.1, -0.05) is 20.8 Å². The van der Waals surface area contributed by atoms with E-state index in [1.165, 1.54) is 19.3 Å². The van der Waals surface area contributed by atoms with E-state index in [0.717, 1.165) is 19.0 Å². The molecule has 0 aromatic rings. The van der Waals surface area contributed by atoms with Gasteiger partial charge in [0.05, 0.1) is 0 Å². The van der Waals surface area contributed by atoms with Crippen molar-refractivity contribution in [1.82, 2.24) is 10.2 Å². The number of likely N-dealkylation sites (tertiary alicyclic amines) is 1. The van der Waals surface area contributed by atoms with Gasteiger partial charge in [0.1, 0.15) is 5.54 Å². The van der Waals surface area contributed by atoms with E-state index in [9.17, 15) is 9.90 Å². The molecule has 0 bridgehead atoms. The number of aliphatic carboxylic acids is 1. The van der Waals surface area contributed by atoms with Gasteiger partial charge in [-0.3, -0.25) is 10.1 Å². The van der Waals surface area contributed by atoms with Crippen molar-refractivity contribution in [2.45, 2.75) is 72.4 Å². The Morgan fingerprint density at radius 1 is 1.24 bits per heavy atom. The first kappa shape index (κ1) is 18.4. The lowest BCUT2D eigenvalue weighted by atomic mass is 9.77. The van der Waals surface area contributed by atoms with Gasteiger partial charge in [-0.15, -0.1) is 0 Å². The third-order valence-electron chi connectivity index (χ3n) is 4.66. The summed E-state index contributed by atoms with van der Waals surface area (Å²) >= 11 is 0. The van der Waals surface area contributed by atoms with Crippen LogP contribution in [0, 0.1) is 11.3 Å². The maximum Gasteiger partial charge on any atom is 0.324 e. The first-order chi connectivity index (χ1) is 9.54. The summed E-state index contributed by atoms with van der Waals surface area (Å²) in [6.45, 7) is 15.3. The van der Waals surface area contributed by atoms with Gasteiger partial charge < -0.3 is 10.0 Å². The molecule has 21 heavy (non-hydrogen) atoms. The second kappa shape index (κ2) is 7.10. The van der Waals surface area contributed by atoms with Crippen molar-refractivity contribution in [1.29, 1.82) is 0 Å². The fourth-order valence-corrected chi connectivity index (χ4v) is 3.44. The van der Waals surface area contributed by atoms with Crippen molar-refractivity contribution in [3.8, 4) is 0 Å². The molecule has 1 saturated heterocycles. The van der Waals surface area contributed by atoms with Crippen LogP contribution in [0.1, 0.15) is 60.8 Å². The maximum atomic E-state index is 11.7. The van der Waals surface area contributed by atoms with Crippen LogP contribution < -0.4 is 5.32 Å².